The molecule has 0 saturated carbocycles. The molecular weight excluding hydrogens is 392 g/mol. The Balaban J connectivity index is 2.17. The number of amides is 3. The Labute approximate surface area is 184 Å². The quantitative estimate of drug-likeness (QED) is 0.545. The second-order valence-electron chi connectivity index (χ2n) is 7.35. The van der Waals surface area contributed by atoms with Gasteiger partial charge in [-0.15, -0.1) is 0 Å². The van der Waals surface area contributed by atoms with Crippen LogP contribution in [0.4, 0.5) is 11.4 Å². The van der Waals surface area contributed by atoms with Gasteiger partial charge in [0.05, 0.1) is 6.54 Å². The van der Waals surface area contributed by atoms with Crippen LogP contribution in [0.2, 0.25) is 0 Å². The van der Waals surface area contributed by atoms with Crippen molar-refractivity contribution in [2.45, 2.75) is 33.7 Å². The highest BCUT2D eigenvalue weighted by molar-refractivity contribution is 5.93. The van der Waals surface area contributed by atoms with E-state index in [0.29, 0.717) is 31.0 Å². The molecule has 0 aromatic heterocycles. The van der Waals surface area contributed by atoms with Crippen LogP contribution in [0.15, 0.2) is 54.6 Å². The van der Waals surface area contributed by atoms with Gasteiger partial charge in [0.15, 0.2) is 12.6 Å². The molecule has 0 heterocycles. The van der Waals surface area contributed by atoms with Crippen LogP contribution >= 0.6 is 0 Å². The van der Waals surface area contributed by atoms with E-state index in [1.54, 1.807) is 24.3 Å². The molecule has 3 amide bonds. The van der Waals surface area contributed by atoms with Gasteiger partial charge in [0.2, 0.25) is 5.91 Å². The van der Waals surface area contributed by atoms with Crippen LogP contribution in [-0.2, 0) is 14.4 Å². The number of hydrogen-bond donors (Lipinski definition) is 3. The lowest BCUT2D eigenvalue weighted by Gasteiger charge is -2.30. The SMILES string of the molecule is CCN(CC)C(=O)[C@H](c1ccccc1)[NH+](CC)CC(=O)Nc1ccc(NC(C)=O)cc1. The number of carbonyl (C=O) groups is 3. The molecule has 0 spiro atoms. The molecule has 2 aromatic rings. The first kappa shape index (κ1) is 24.1. The van der Waals surface area contributed by atoms with E-state index in [4.69, 9.17) is 0 Å². The lowest BCUT2D eigenvalue weighted by atomic mass is 10.0. The second-order valence-corrected chi connectivity index (χ2v) is 7.35. The van der Waals surface area contributed by atoms with E-state index in [-0.39, 0.29) is 24.3 Å². The zero-order valence-electron chi connectivity index (χ0n) is 18.8. The molecule has 0 aliphatic rings. The maximum Gasteiger partial charge on any atom is 0.285 e. The number of nitrogens with one attached hydrogen (secondary N) is 3. The predicted molar refractivity (Wildman–Crippen MR) is 123 cm³/mol. The van der Waals surface area contributed by atoms with E-state index in [0.717, 1.165) is 10.5 Å². The van der Waals surface area contributed by atoms with Crippen molar-refractivity contribution in [1.82, 2.24) is 4.90 Å². The Kier molecular flexibility index (Phi) is 9.21. The normalized spacial score (nSPS) is 12.5. The number of anilines is 2. The minimum atomic E-state index is -0.445. The highest BCUT2D eigenvalue weighted by atomic mass is 16.2. The summed E-state index contributed by atoms with van der Waals surface area (Å²) >= 11 is 0. The summed E-state index contributed by atoms with van der Waals surface area (Å²) < 4.78 is 0. The summed E-state index contributed by atoms with van der Waals surface area (Å²) in [5, 5.41) is 5.59. The monoisotopic (exact) mass is 425 g/mol. The highest BCUT2D eigenvalue weighted by Crippen LogP contribution is 2.15. The fourth-order valence-corrected chi connectivity index (χ4v) is 3.60. The van der Waals surface area contributed by atoms with Gasteiger partial charge in [-0.1, -0.05) is 30.3 Å². The molecule has 0 radical (unpaired) electrons. The fraction of sp³-hybridized carbons (Fsp3) is 0.375. The summed E-state index contributed by atoms with van der Waals surface area (Å²) in [5.41, 5.74) is 2.21. The number of nitrogens with zero attached hydrogens (tertiary/aromatic N) is 1. The fourth-order valence-electron chi connectivity index (χ4n) is 3.60. The summed E-state index contributed by atoms with van der Waals surface area (Å²) in [5.74, 6) is -0.290. The highest BCUT2D eigenvalue weighted by Gasteiger charge is 2.34. The summed E-state index contributed by atoms with van der Waals surface area (Å²) in [7, 11) is 0. The van der Waals surface area contributed by atoms with Crippen molar-refractivity contribution in [3.8, 4) is 0 Å². The summed E-state index contributed by atoms with van der Waals surface area (Å²) in [4.78, 5) is 39.9. The van der Waals surface area contributed by atoms with Crippen molar-refractivity contribution >= 4 is 29.1 Å². The number of hydrogen-bond acceptors (Lipinski definition) is 3. The second kappa shape index (κ2) is 11.9. The zero-order valence-corrected chi connectivity index (χ0v) is 18.8. The molecule has 2 rings (SSSR count). The van der Waals surface area contributed by atoms with Crippen LogP contribution < -0.4 is 15.5 Å². The van der Waals surface area contributed by atoms with Crippen LogP contribution in [0.1, 0.15) is 39.3 Å². The molecule has 2 atom stereocenters. The van der Waals surface area contributed by atoms with Gasteiger partial charge in [-0.25, -0.2) is 0 Å². The maximum absolute atomic E-state index is 13.3. The van der Waals surface area contributed by atoms with Gasteiger partial charge >= 0.3 is 0 Å². The lowest BCUT2D eigenvalue weighted by Crippen LogP contribution is -3.14. The number of quaternary nitrogens is 1. The van der Waals surface area contributed by atoms with Gasteiger partial charge in [-0.05, 0) is 45.0 Å². The van der Waals surface area contributed by atoms with Crippen molar-refractivity contribution in [3.63, 3.8) is 0 Å². The molecule has 0 bridgehead atoms. The van der Waals surface area contributed by atoms with E-state index in [9.17, 15) is 14.4 Å². The first-order valence-corrected chi connectivity index (χ1v) is 10.7. The number of likely N-dealkylation sites (N-methyl/N-ethyl adjacent to an activating group) is 2. The minimum absolute atomic E-state index is 0.0283. The molecule has 1 unspecified atom stereocenters. The standard InChI is InChI=1S/C24H32N4O3/c1-5-27(6-2)24(31)23(19-11-9-8-10-12-19)28(7-3)17-22(30)26-21-15-13-20(14-16-21)25-18(4)29/h8-16,23H,5-7,17H2,1-4H3,(H,25,29)(H,26,30)/p+1/t23-/m0/s1. The molecule has 0 aliphatic heterocycles. The molecule has 0 fully saturated rings. The first-order chi connectivity index (χ1) is 14.9. The Morgan fingerprint density at radius 1 is 0.871 bits per heavy atom. The van der Waals surface area contributed by atoms with Crippen molar-refractivity contribution in [2.24, 2.45) is 0 Å². The third-order valence-electron chi connectivity index (χ3n) is 5.19. The predicted octanol–water partition coefficient (Wildman–Crippen LogP) is 2.10. The average Bonchev–Trinajstić information content (AvgIpc) is 2.76. The minimum Gasteiger partial charge on any atom is -0.338 e. The largest absolute Gasteiger partial charge is 0.338 e. The summed E-state index contributed by atoms with van der Waals surface area (Å²) in [6.07, 6.45) is 0. The maximum atomic E-state index is 13.3. The van der Waals surface area contributed by atoms with Crippen LogP contribution in [0.5, 0.6) is 0 Å². The Hall–Kier alpha value is -3.19. The summed E-state index contributed by atoms with van der Waals surface area (Å²) in [6, 6.07) is 16.2. The average molecular weight is 426 g/mol. The third kappa shape index (κ3) is 6.93. The summed E-state index contributed by atoms with van der Waals surface area (Å²) in [6.45, 7) is 9.40. The van der Waals surface area contributed by atoms with Gasteiger partial charge in [0.25, 0.3) is 11.8 Å². The number of benzene rings is 2. The number of carbonyl (C=O) groups excluding carboxylic acids is 3. The first-order valence-electron chi connectivity index (χ1n) is 10.7. The van der Waals surface area contributed by atoms with E-state index in [1.165, 1.54) is 6.92 Å². The van der Waals surface area contributed by atoms with Crippen molar-refractivity contribution < 1.29 is 19.3 Å². The Morgan fingerprint density at radius 3 is 1.90 bits per heavy atom. The van der Waals surface area contributed by atoms with E-state index in [1.807, 2.05) is 56.0 Å². The van der Waals surface area contributed by atoms with Gasteiger partial charge in [-0.3, -0.25) is 14.4 Å². The van der Waals surface area contributed by atoms with Gasteiger partial charge in [-0.2, -0.15) is 0 Å². The van der Waals surface area contributed by atoms with Crippen LogP contribution in [0.3, 0.4) is 0 Å². The molecule has 7 heteroatoms. The van der Waals surface area contributed by atoms with Crippen LogP contribution in [0, 0.1) is 0 Å². The molecule has 166 valence electrons. The van der Waals surface area contributed by atoms with Crippen LogP contribution in [0.25, 0.3) is 0 Å². The van der Waals surface area contributed by atoms with Gasteiger partial charge in [0.1, 0.15) is 0 Å². The smallest absolute Gasteiger partial charge is 0.285 e. The Morgan fingerprint density at radius 2 is 1.42 bits per heavy atom. The van der Waals surface area contributed by atoms with E-state index < -0.39 is 6.04 Å². The van der Waals surface area contributed by atoms with Crippen molar-refractivity contribution in [2.75, 3.05) is 36.8 Å². The number of rotatable bonds is 10. The molecule has 0 aliphatic carbocycles. The van der Waals surface area contributed by atoms with Gasteiger partial charge in [0, 0.05) is 37.0 Å². The third-order valence-corrected chi connectivity index (χ3v) is 5.19. The molecule has 3 N–H and O–H groups in total. The van der Waals surface area contributed by atoms with E-state index in [2.05, 4.69) is 10.6 Å². The van der Waals surface area contributed by atoms with Gasteiger partial charge < -0.3 is 20.4 Å². The molecule has 0 saturated heterocycles. The lowest BCUT2D eigenvalue weighted by molar-refractivity contribution is -0.912. The molecule has 2 aromatic carbocycles. The van der Waals surface area contributed by atoms with E-state index >= 15 is 0 Å². The molecular formula is C24H33N4O3+. The topological polar surface area (TPSA) is 83.0 Å². The Bertz CT molecular complexity index is 864. The van der Waals surface area contributed by atoms with Crippen molar-refractivity contribution in [3.05, 3.63) is 60.2 Å². The zero-order chi connectivity index (χ0) is 22.8. The van der Waals surface area contributed by atoms with Crippen molar-refractivity contribution in [1.29, 1.82) is 0 Å². The molecule has 31 heavy (non-hydrogen) atoms. The molecule has 7 nitrogen and oxygen atoms in total. The van der Waals surface area contributed by atoms with Crippen LogP contribution in [-0.4, -0.2) is 48.8 Å².